The van der Waals surface area contributed by atoms with Gasteiger partial charge in [-0.15, -0.1) is 0 Å². The predicted molar refractivity (Wildman–Crippen MR) is 87.8 cm³/mol. The van der Waals surface area contributed by atoms with E-state index in [-0.39, 0.29) is 11.4 Å². The molecule has 5 heteroatoms. The SMILES string of the molecule is Cc1ccc2nc(CN(C)Cc3ccc(F)cc3)cc(=O)n2c1. The zero-order valence-electron chi connectivity index (χ0n) is 13.2. The van der Waals surface area contributed by atoms with Crippen molar-refractivity contribution >= 4 is 5.65 Å². The lowest BCUT2D eigenvalue weighted by molar-refractivity contribution is 0.315. The van der Waals surface area contributed by atoms with Gasteiger partial charge in [-0.1, -0.05) is 18.2 Å². The van der Waals surface area contributed by atoms with Crippen molar-refractivity contribution in [1.82, 2.24) is 14.3 Å². The Bertz CT molecular complexity index is 887. The van der Waals surface area contributed by atoms with Gasteiger partial charge >= 0.3 is 0 Å². The molecule has 0 saturated heterocycles. The molecule has 0 N–H and O–H groups in total. The smallest absolute Gasteiger partial charge is 0.258 e. The Morgan fingerprint density at radius 1 is 1.13 bits per heavy atom. The van der Waals surface area contributed by atoms with Crippen LogP contribution in [0.4, 0.5) is 4.39 Å². The fourth-order valence-electron chi connectivity index (χ4n) is 2.57. The first-order chi connectivity index (χ1) is 11.0. The minimum atomic E-state index is -0.240. The van der Waals surface area contributed by atoms with Gasteiger partial charge in [0.25, 0.3) is 5.56 Å². The van der Waals surface area contributed by atoms with E-state index in [1.165, 1.54) is 12.1 Å². The molecule has 0 amide bonds. The molecular weight excluding hydrogens is 293 g/mol. The van der Waals surface area contributed by atoms with Gasteiger partial charge in [0.2, 0.25) is 0 Å². The van der Waals surface area contributed by atoms with Crippen LogP contribution in [0.5, 0.6) is 0 Å². The third-order valence-corrected chi connectivity index (χ3v) is 3.66. The molecule has 0 fully saturated rings. The van der Waals surface area contributed by atoms with Crippen LogP contribution < -0.4 is 5.56 Å². The van der Waals surface area contributed by atoms with Crippen LogP contribution in [0.25, 0.3) is 5.65 Å². The molecule has 3 aromatic rings. The molecular formula is C18H18FN3O. The summed E-state index contributed by atoms with van der Waals surface area (Å²) in [5.41, 5.74) is 3.32. The first-order valence-electron chi connectivity index (χ1n) is 7.43. The highest BCUT2D eigenvalue weighted by atomic mass is 19.1. The van der Waals surface area contributed by atoms with E-state index in [2.05, 4.69) is 4.98 Å². The Labute approximate surface area is 133 Å². The molecule has 118 valence electrons. The zero-order chi connectivity index (χ0) is 16.4. The lowest BCUT2D eigenvalue weighted by Crippen LogP contribution is -2.22. The Morgan fingerprint density at radius 2 is 1.87 bits per heavy atom. The predicted octanol–water partition coefficient (Wildman–Crippen LogP) is 2.77. The van der Waals surface area contributed by atoms with E-state index >= 15 is 0 Å². The van der Waals surface area contributed by atoms with Gasteiger partial charge in [-0.05, 0) is 43.3 Å². The summed E-state index contributed by atoms with van der Waals surface area (Å²) in [5, 5.41) is 0. The molecule has 23 heavy (non-hydrogen) atoms. The van der Waals surface area contributed by atoms with Gasteiger partial charge in [0, 0.05) is 25.4 Å². The molecule has 0 radical (unpaired) electrons. The zero-order valence-corrected chi connectivity index (χ0v) is 13.2. The quantitative estimate of drug-likeness (QED) is 0.743. The van der Waals surface area contributed by atoms with E-state index < -0.39 is 0 Å². The van der Waals surface area contributed by atoms with E-state index in [1.807, 2.05) is 31.0 Å². The van der Waals surface area contributed by atoms with E-state index in [9.17, 15) is 9.18 Å². The first-order valence-corrected chi connectivity index (χ1v) is 7.43. The maximum atomic E-state index is 12.9. The maximum absolute atomic E-state index is 12.9. The summed E-state index contributed by atoms with van der Waals surface area (Å²) >= 11 is 0. The number of aromatic nitrogens is 2. The summed E-state index contributed by atoms with van der Waals surface area (Å²) in [7, 11) is 1.95. The molecule has 3 rings (SSSR count). The highest BCUT2D eigenvalue weighted by Crippen LogP contribution is 2.09. The number of rotatable bonds is 4. The van der Waals surface area contributed by atoms with Crippen molar-refractivity contribution in [2.45, 2.75) is 20.0 Å². The van der Waals surface area contributed by atoms with Gasteiger partial charge in [0.1, 0.15) is 11.5 Å². The second kappa shape index (κ2) is 6.30. The second-order valence-corrected chi connectivity index (χ2v) is 5.82. The van der Waals surface area contributed by atoms with Crippen molar-refractivity contribution in [2.75, 3.05) is 7.05 Å². The third-order valence-electron chi connectivity index (χ3n) is 3.66. The van der Waals surface area contributed by atoms with Crippen molar-refractivity contribution in [3.8, 4) is 0 Å². The number of pyridine rings is 1. The monoisotopic (exact) mass is 311 g/mol. The standard InChI is InChI=1S/C18H18FN3O/c1-13-3-8-17-20-16(9-18(23)22(17)10-13)12-21(2)11-14-4-6-15(19)7-5-14/h3-10H,11-12H2,1-2H3. The fourth-order valence-corrected chi connectivity index (χ4v) is 2.57. The van der Waals surface area contributed by atoms with Crippen LogP contribution in [0.3, 0.4) is 0 Å². The van der Waals surface area contributed by atoms with Crippen molar-refractivity contribution in [1.29, 1.82) is 0 Å². The van der Waals surface area contributed by atoms with E-state index in [0.29, 0.717) is 18.7 Å². The molecule has 1 aromatic carbocycles. The van der Waals surface area contributed by atoms with Gasteiger partial charge < -0.3 is 0 Å². The van der Waals surface area contributed by atoms with Gasteiger partial charge in [0.15, 0.2) is 0 Å². The molecule has 0 aliphatic heterocycles. The lowest BCUT2D eigenvalue weighted by Gasteiger charge is -2.16. The van der Waals surface area contributed by atoms with Crippen LogP contribution in [-0.4, -0.2) is 21.3 Å². The van der Waals surface area contributed by atoms with Crippen molar-refractivity contribution in [2.24, 2.45) is 0 Å². The van der Waals surface area contributed by atoms with Crippen LogP contribution in [0.15, 0.2) is 53.5 Å². The molecule has 4 nitrogen and oxygen atoms in total. The number of benzene rings is 1. The number of aryl methyl sites for hydroxylation is 1. The molecule has 2 aromatic heterocycles. The molecule has 2 heterocycles. The third kappa shape index (κ3) is 3.63. The summed E-state index contributed by atoms with van der Waals surface area (Å²) in [6.07, 6.45) is 1.79. The van der Waals surface area contributed by atoms with Crippen LogP contribution in [-0.2, 0) is 13.1 Å². The highest BCUT2D eigenvalue weighted by Gasteiger charge is 2.07. The van der Waals surface area contributed by atoms with Crippen LogP contribution in [0, 0.1) is 12.7 Å². The number of hydrogen-bond acceptors (Lipinski definition) is 3. The minimum absolute atomic E-state index is 0.0797. The summed E-state index contributed by atoms with van der Waals surface area (Å²) < 4.78 is 14.5. The maximum Gasteiger partial charge on any atom is 0.258 e. The van der Waals surface area contributed by atoms with Gasteiger partial charge in [-0.3, -0.25) is 14.1 Å². The molecule has 0 atom stereocenters. The van der Waals surface area contributed by atoms with Crippen molar-refractivity contribution in [3.63, 3.8) is 0 Å². The number of fused-ring (bicyclic) bond motifs is 1. The van der Waals surface area contributed by atoms with Crippen LogP contribution in [0.1, 0.15) is 16.8 Å². The van der Waals surface area contributed by atoms with Gasteiger partial charge in [-0.25, -0.2) is 9.37 Å². The highest BCUT2D eigenvalue weighted by molar-refractivity contribution is 5.39. The number of hydrogen-bond donors (Lipinski definition) is 0. The average molecular weight is 311 g/mol. The second-order valence-electron chi connectivity index (χ2n) is 5.82. The lowest BCUT2D eigenvalue weighted by atomic mass is 10.2. The largest absolute Gasteiger partial charge is 0.296 e. The fraction of sp³-hybridized carbons (Fsp3) is 0.222. The topological polar surface area (TPSA) is 37.6 Å². The molecule has 0 spiro atoms. The summed E-state index contributed by atoms with van der Waals surface area (Å²) in [4.78, 5) is 18.8. The summed E-state index contributed by atoms with van der Waals surface area (Å²) in [6.45, 7) is 3.16. The summed E-state index contributed by atoms with van der Waals surface area (Å²) in [6, 6.07) is 11.8. The Kier molecular flexibility index (Phi) is 4.21. The average Bonchev–Trinajstić information content (AvgIpc) is 2.50. The molecule has 0 saturated carbocycles. The first kappa shape index (κ1) is 15.4. The Balaban J connectivity index is 1.79. The van der Waals surface area contributed by atoms with Gasteiger partial charge in [0.05, 0.1) is 5.69 Å². The normalized spacial score (nSPS) is 11.3. The van der Waals surface area contributed by atoms with Crippen molar-refractivity contribution in [3.05, 3.63) is 81.7 Å². The number of halogens is 1. The Morgan fingerprint density at radius 3 is 2.61 bits per heavy atom. The van der Waals surface area contributed by atoms with Gasteiger partial charge in [-0.2, -0.15) is 0 Å². The molecule has 0 aliphatic rings. The van der Waals surface area contributed by atoms with Crippen molar-refractivity contribution < 1.29 is 4.39 Å². The Hall–Kier alpha value is -2.53. The van der Waals surface area contributed by atoms with Crippen LogP contribution >= 0.6 is 0 Å². The summed E-state index contributed by atoms with van der Waals surface area (Å²) in [5.74, 6) is -0.240. The molecule has 0 unspecified atom stereocenters. The molecule has 0 aliphatic carbocycles. The number of nitrogens with zero attached hydrogens (tertiary/aromatic N) is 3. The molecule has 0 bridgehead atoms. The minimum Gasteiger partial charge on any atom is -0.296 e. The van der Waals surface area contributed by atoms with E-state index in [1.54, 1.807) is 28.8 Å². The van der Waals surface area contributed by atoms with E-state index in [4.69, 9.17) is 0 Å². The van der Waals surface area contributed by atoms with E-state index in [0.717, 1.165) is 16.8 Å². The van der Waals surface area contributed by atoms with Crippen LogP contribution in [0.2, 0.25) is 0 Å².